The molecule has 1 N–H and O–H groups in total. The number of amides is 1. The van der Waals surface area contributed by atoms with E-state index in [-0.39, 0.29) is 17.3 Å². The van der Waals surface area contributed by atoms with Crippen molar-refractivity contribution in [2.75, 3.05) is 11.1 Å². The monoisotopic (exact) mass is 502 g/mol. The first-order valence-electron chi connectivity index (χ1n) is 9.28. The Morgan fingerprint density at radius 1 is 1.22 bits per heavy atom. The lowest BCUT2D eigenvalue weighted by Crippen LogP contribution is -2.13. The summed E-state index contributed by atoms with van der Waals surface area (Å²) in [6.45, 7) is 0. The predicted molar refractivity (Wildman–Crippen MR) is 130 cm³/mol. The van der Waals surface area contributed by atoms with Crippen molar-refractivity contribution in [2.45, 2.75) is 10.8 Å². The van der Waals surface area contributed by atoms with E-state index in [2.05, 4.69) is 15.3 Å². The molecular weight excluding hydrogens is 488 g/mol. The third kappa shape index (κ3) is 5.92. The number of rotatable bonds is 8. The number of nitrogens with one attached hydrogen (secondary N) is 1. The number of aromatic nitrogens is 2. The highest BCUT2D eigenvalue weighted by Crippen LogP contribution is 2.29. The average Bonchev–Trinajstić information content (AvgIpc) is 3.43. The topological polar surface area (TPSA) is 98.0 Å². The molecule has 0 radical (unpaired) electrons. The van der Waals surface area contributed by atoms with E-state index in [4.69, 9.17) is 11.6 Å². The molecule has 0 spiro atoms. The van der Waals surface area contributed by atoms with E-state index in [1.54, 1.807) is 18.3 Å². The minimum absolute atomic E-state index is 0.0546. The van der Waals surface area contributed by atoms with E-state index in [1.807, 2.05) is 35.7 Å². The van der Waals surface area contributed by atoms with Gasteiger partial charge in [0.1, 0.15) is 0 Å². The number of nitrogens with zero attached hydrogens (tertiary/aromatic N) is 3. The SMILES string of the molecule is O=C(CSc1nc(-c2ccc(Cl)cc2)cs1)Nc1ncc(Cc2cccc([N+](=O)[O-])c2)s1. The van der Waals surface area contributed by atoms with Crippen LogP contribution in [0.25, 0.3) is 11.3 Å². The summed E-state index contributed by atoms with van der Waals surface area (Å²) in [6, 6.07) is 13.9. The second-order valence-corrected chi connectivity index (χ2v) is 10.2. The van der Waals surface area contributed by atoms with Gasteiger partial charge in [0.2, 0.25) is 5.91 Å². The van der Waals surface area contributed by atoms with E-state index in [1.165, 1.54) is 40.5 Å². The van der Waals surface area contributed by atoms with Crippen molar-refractivity contribution in [3.05, 3.63) is 85.7 Å². The molecule has 4 aromatic rings. The zero-order valence-corrected chi connectivity index (χ0v) is 19.6. The van der Waals surface area contributed by atoms with Gasteiger partial charge in [0.15, 0.2) is 9.47 Å². The van der Waals surface area contributed by atoms with Crippen LogP contribution in [0.1, 0.15) is 10.4 Å². The summed E-state index contributed by atoms with van der Waals surface area (Å²) in [7, 11) is 0. The molecule has 0 saturated carbocycles. The standard InChI is InChI=1S/C21H15ClN4O3S3/c22-15-6-4-14(5-7-15)18-11-30-21(24-18)31-12-19(27)25-20-23-10-17(32-20)9-13-2-1-3-16(8-13)26(28)29/h1-8,10-11H,9,12H2,(H,23,25,27). The molecule has 0 unspecified atom stereocenters. The maximum atomic E-state index is 12.3. The van der Waals surface area contributed by atoms with Gasteiger partial charge >= 0.3 is 0 Å². The van der Waals surface area contributed by atoms with Crippen molar-refractivity contribution in [1.29, 1.82) is 0 Å². The molecule has 0 bridgehead atoms. The average molecular weight is 503 g/mol. The number of hydrogen-bond donors (Lipinski definition) is 1. The maximum Gasteiger partial charge on any atom is 0.269 e. The van der Waals surface area contributed by atoms with Gasteiger partial charge in [-0.1, -0.05) is 47.6 Å². The molecule has 32 heavy (non-hydrogen) atoms. The van der Waals surface area contributed by atoms with Crippen LogP contribution < -0.4 is 5.32 Å². The number of nitro benzene ring substituents is 1. The molecule has 0 aliphatic carbocycles. The van der Waals surface area contributed by atoms with Crippen LogP contribution in [-0.4, -0.2) is 26.6 Å². The quantitative estimate of drug-likeness (QED) is 0.176. The minimum Gasteiger partial charge on any atom is -0.301 e. The van der Waals surface area contributed by atoms with Gasteiger partial charge in [-0.05, 0) is 17.7 Å². The van der Waals surface area contributed by atoms with Crippen molar-refractivity contribution >= 4 is 62.8 Å². The van der Waals surface area contributed by atoms with Gasteiger partial charge in [-0.3, -0.25) is 14.9 Å². The van der Waals surface area contributed by atoms with E-state index in [9.17, 15) is 14.9 Å². The second-order valence-electron chi connectivity index (χ2n) is 6.58. The summed E-state index contributed by atoms with van der Waals surface area (Å²) in [5, 5.41) is 16.8. The summed E-state index contributed by atoms with van der Waals surface area (Å²) < 4.78 is 0.801. The van der Waals surface area contributed by atoms with Crippen molar-refractivity contribution in [1.82, 2.24) is 9.97 Å². The van der Waals surface area contributed by atoms with Gasteiger partial charge in [-0.2, -0.15) is 0 Å². The number of carbonyl (C=O) groups excluding carboxylic acids is 1. The largest absolute Gasteiger partial charge is 0.301 e. The molecule has 0 atom stereocenters. The Morgan fingerprint density at radius 2 is 2.03 bits per heavy atom. The van der Waals surface area contributed by atoms with Crippen LogP contribution in [0, 0.1) is 10.1 Å². The van der Waals surface area contributed by atoms with Crippen molar-refractivity contribution < 1.29 is 9.72 Å². The molecule has 0 aliphatic rings. The van der Waals surface area contributed by atoms with Crippen LogP contribution in [0.3, 0.4) is 0 Å². The minimum atomic E-state index is -0.416. The molecule has 1 amide bonds. The van der Waals surface area contributed by atoms with Gasteiger partial charge < -0.3 is 5.32 Å². The first-order chi connectivity index (χ1) is 15.5. The zero-order valence-electron chi connectivity index (χ0n) is 16.4. The predicted octanol–water partition coefficient (Wildman–Crippen LogP) is 6.15. The van der Waals surface area contributed by atoms with Crippen LogP contribution >= 0.6 is 46.0 Å². The van der Waals surface area contributed by atoms with E-state index >= 15 is 0 Å². The van der Waals surface area contributed by atoms with Crippen molar-refractivity contribution in [3.63, 3.8) is 0 Å². The highest BCUT2D eigenvalue weighted by Gasteiger charge is 2.12. The van der Waals surface area contributed by atoms with E-state index < -0.39 is 4.92 Å². The molecule has 2 aromatic carbocycles. The summed E-state index contributed by atoms with van der Waals surface area (Å²) in [5.41, 5.74) is 2.69. The molecule has 4 rings (SSSR count). The summed E-state index contributed by atoms with van der Waals surface area (Å²) in [4.78, 5) is 32.5. The fourth-order valence-electron chi connectivity index (χ4n) is 2.79. The Labute approximate surface area is 200 Å². The van der Waals surface area contributed by atoms with Gasteiger partial charge in [0, 0.05) is 45.6 Å². The number of thiazole rings is 2. The Kier molecular flexibility index (Phi) is 7.15. The Balaban J connectivity index is 1.30. The third-order valence-corrected chi connectivity index (χ3v) is 7.44. The maximum absolute atomic E-state index is 12.3. The van der Waals surface area contributed by atoms with E-state index in [0.29, 0.717) is 16.6 Å². The summed E-state index contributed by atoms with van der Waals surface area (Å²) >= 11 is 10.1. The van der Waals surface area contributed by atoms with Gasteiger partial charge in [0.25, 0.3) is 5.69 Å². The normalized spacial score (nSPS) is 10.8. The van der Waals surface area contributed by atoms with Crippen LogP contribution in [0.5, 0.6) is 0 Å². The number of halogens is 1. The smallest absolute Gasteiger partial charge is 0.269 e. The highest BCUT2D eigenvalue weighted by molar-refractivity contribution is 8.01. The molecule has 2 aromatic heterocycles. The number of carbonyl (C=O) groups is 1. The molecule has 2 heterocycles. The molecule has 0 saturated heterocycles. The molecule has 162 valence electrons. The summed E-state index contributed by atoms with van der Waals surface area (Å²) in [5.74, 6) is 0.0439. The molecule has 0 fully saturated rings. The number of thioether (sulfide) groups is 1. The van der Waals surface area contributed by atoms with Gasteiger partial charge in [0.05, 0.1) is 16.4 Å². The van der Waals surface area contributed by atoms with Crippen molar-refractivity contribution in [3.8, 4) is 11.3 Å². The van der Waals surface area contributed by atoms with Crippen LogP contribution in [-0.2, 0) is 11.2 Å². The lowest BCUT2D eigenvalue weighted by Gasteiger charge is -2.00. The lowest BCUT2D eigenvalue weighted by atomic mass is 10.1. The fraction of sp³-hybridized carbons (Fsp3) is 0.0952. The number of nitro groups is 1. The van der Waals surface area contributed by atoms with E-state index in [0.717, 1.165) is 26.0 Å². The van der Waals surface area contributed by atoms with Crippen LogP contribution in [0.2, 0.25) is 5.02 Å². The number of benzene rings is 2. The Hall–Kier alpha value is -2.79. The molecule has 0 aliphatic heterocycles. The van der Waals surface area contributed by atoms with Crippen molar-refractivity contribution in [2.24, 2.45) is 0 Å². The number of hydrogen-bond acceptors (Lipinski definition) is 8. The van der Waals surface area contributed by atoms with Gasteiger partial charge in [-0.15, -0.1) is 22.7 Å². The summed E-state index contributed by atoms with van der Waals surface area (Å²) in [6.07, 6.45) is 2.18. The zero-order chi connectivity index (χ0) is 22.5. The molecule has 7 nitrogen and oxygen atoms in total. The highest BCUT2D eigenvalue weighted by atomic mass is 35.5. The van der Waals surface area contributed by atoms with Crippen LogP contribution in [0.15, 0.2) is 64.4 Å². The van der Waals surface area contributed by atoms with Crippen LogP contribution in [0.4, 0.5) is 10.8 Å². The lowest BCUT2D eigenvalue weighted by molar-refractivity contribution is -0.384. The Bertz CT molecular complexity index is 1260. The Morgan fingerprint density at radius 3 is 2.81 bits per heavy atom. The first-order valence-corrected chi connectivity index (χ1v) is 12.3. The number of anilines is 1. The fourth-order valence-corrected chi connectivity index (χ4v) is 5.41. The first kappa shape index (κ1) is 22.4. The third-order valence-electron chi connectivity index (χ3n) is 4.25. The molecular formula is C21H15ClN4O3S3. The molecule has 11 heteroatoms. The second kappa shape index (κ2) is 10.2. The van der Waals surface area contributed by atoms with Gasteiger partial charge in [-0.25, -0.2) is 9.97 Å². The number of non-ortho nitro benzene ring substituents is 1.